The van der Waals surface area contributed by atoms with E-state index in [-0.39, 0.29) is 31.3 Å². The molecule has 1 aromatic heterocycles. The molecular formula is C21H24N2O4. The Morgan fingerprint density at radius 3 is 2.74 bits per heavy atom. The first-order valence-corrected chi connectivity index (χ1v) is 9.23. The number of aromatic amines is 1. The van der Waals surface area contributed by atoms with Crippen molar-refractivity contribution in [3.05, 3.63) is 53.9 Å². The van der Waals surface area contributed by atoms with Crippen LogP contribution < -0.4 is 4.90 Å². The minimum absolute atomic E-state index is 0.0941. The second-order valence-electron chi connectivity index (χ2n) is 6.89. The number of H-pyrrole nitrogens is 1. The Labute approximate surface area is 158 Å². The molecule has 1 fully saturated rings. The second kappa shape index (κ2) is 8.20. The van der Waals surface area contributed by atoms with Gasteiger partial charge in [0.25, 0.3) is 0 Å². The van der Waals surface area contributed by atoms with Crippen molar-refractivity contribution in [3.63, 3.8) is 0 Å². The zero-order valence-electron chi connectivity index (χ0n) is 15.6. The SMILES string of the molecule is CC[C@@H](C)c1ccccc1N1C[C@H](C(=O)OCC(=O)c2ccc[nH]2)CC1=O. The Balaban J connectivity index is 1.65. The summed E-state index contributed by atoms with van der Waals surface area (Å²) in [5, 5.41) is 0. The average Bonchev–Trinajstić information content (AvgIpc) is 3.35. The number of rotatable bonds is 7. The summed E-state index contributed by atoms with van der Waals surface area (Å²) in [7, 11) is 0. The molecule has 0 aliphatic carbocycles. The highest BCUT2D eigenvalue weighted by Gasteiger charge is 2.37. The molecule has 0 bridgehead atoms. The Morgan fingerprint density at radius 2 is 2.04 bits per heavy atom. The standard InChI is InChI=1S/C21H24N2O4/c1-3-14(2)16-7-4-5-9-18(16)23-12-15(11-20(23)25)21(26)27-13-19(24)17-8-6-10-22-17/h4-10,14-15,22H,3,11-13H2,1-2H3/t14-,15-/m1/s1. The third-order valence-electron chi connectivity index (χ3n) is 5.07. The van der Waals surface area contributed by atoms with Gasteiger partial charge in [-0.25, -0.2) is 0 Å². The number of Topliss-reactive ketones (excluding diaryl/α,β-unsaturated/α-hetero) is 1. The van der Waals surface area contributed by atoms with Crippen LogP contribution in [0.25, 0.3) is 0 Å². The van der Waals surface area contributed by atoms with Crippen LogP contribution in [0, 0.1) is 5.92 Å². The molecule has 1 aliphatic heterocycles. The Morgan fingerprint density at radius 1 is 1.26 bits per heavy atom. The van der Waals surface area contributed by atoms with Crippen LogP contribution in [0.4, 0.5) is 5.69 Å². The summed E-state index contributed by atoms with van der Waals surface area (Å²) in [5.74, 6) is -1.14. The van der Waals surface area contributed by atoms with Gasteiger partial charge in [0.05, 0.1) is 11.6 Å². The van der Waals surface area contributed by atoms with Crippen LogP contribution in [0.5, 0.6) is 0 Å². The van der Waals surface area contributed by atoms with E-state index in [0.29, 0.717) is 11.6 Å². The number of carbonyl (C=O) groups is 3. The van der Waals surface area contributed by atoms with Gasteiger partial charge in [-0.3, -0.25) is 14.4 Å². The highest BCUT2D eigenvalue weighted by molar-refractivity contribution is 6.01. The predicted octanol–water partition coefficient (Wildman–Crippen LogP) is 3.31. The number of ether oxygens (including phenoxy) is 1. The number of carbonyl (C=O) groups excluding carboxylic acids is 3. The number of nitrogens with zero attached hydrogens (tertiary/aromatic N) is 1. The van der Waals surface area contributed by atoms with E-state index in [1.165, 1.54) is 0 Å². The van der Waals surface area contributed by atoms with Gasteiger partial charge in [-0.15, -0.1) is 0 Å². The van der Waals surface area contributed by atoms with E-state index in [1.54, 1.807) is 23.2 Å². The lowest BCUT2D eigenvalue weighted by atomic mass is 9.96. The van der Waals surface area contributed by atoms with Crippen LogP contribution in [0.3, 0.4) is 0 Å². The van der Waals surface area contributed by atoms with Crippen LogP contribution in [-0.4, -0.2) is 35.8 Å². The average molecular weight is 368 g/mol. The number of nitrogens with one attached hydrogen (secondary N) is 1. The number of para-hydroxylation sites is 1. The number of ketones is 1. The number of hydrogen-bond donors (Lipinski definition) is 1. The molecule has 1 aliphatic rings. The van der Waals surface area contributed by atoms with Crippen molar-refractivity contribution in [1.29, 1.82) is 0 Å². The molecule has 2 atom stereocenters. The summed E-state index contributed by atoms with van der Waals surface area (Å²) in [6.07, 6.45) is 2.70. The molecule has 1 N–H and O–H groups in total. The minimum Gasteiger partial charge on any atom is -0.457 e. The minimum atomic E-state index is -0.557. The second-order valence-corrected chi connectivity index (χ2v) is 6.89. The summed E-state index contributed by atoms with van der Waals surface area (Å²) >= 11 is 0. The zero-order chi connectivity index (χ0) is 19.4. The molecule has 2 heterocycles. The first-order valence-electron chi connectivity index (χ1n) is 9.23. The summed E-state index contributed by atoms with van der Waals surface area (Å²) < 4.78 is 5.16. The van der Waals surface area contributed by atoms with Gasteiger partial charge in [-0.05, 0) is 36.1 Å². The molecule has 142 valence electrons. The molecule has 6 nitrogen and oxygen atoms in total. The summed E-state index contributed by atoms with van der Waals surface area (Å²) in [4.78, 5) is 41.3. The topological polar surface area (TPSA) is 79.5 Å². The summed E-state index contributed by atoms with van der Waals surface area (Å²) in [6.45, 7) is 4.18. The molecule has 0 radical (unpaired) electrons. The van der Waals surface area contributed by atoms with Gasteiger partial charge in [-0.2, -0.15) is 0 Å². The molecule has 1 saturated heterocycles. The number of amides is 1. The van der Waals surface area contributed by atoms with Crippen LogP contribution in [-0.2, 0) is 14.3 Å². The molecule has 3 rings (SSSR count). The quantitative estimate of drug-likeness (QED) is 0.601. The Kier molecular flexibility index (Phi) is 5.74. The lowest BCUT2D eigenvalue weighted by Gasteiger charge is -2.23. The number of hydrogen-bond acceptors (Lipinski definition) is 4. The largest absolute Gasteiger partial charge is 0.457 e. The first-order chi connectivity index (χ1) is 13.0. The van der Waals surface area contributed by atoms with E-state index in [9.17, 15) is 14.4 Å². The fraction of sp³-hybridized carbons (Fsp3) is 0.381. The summed E-state index contributed by atoms with van der Waals surface area (Å²) in [6, 6.07) is 11.1. The van der Waals surface area contributed by atoms with Crippen molar-refractivity contribution in [2.24, 2.45) is 5.92 Å². The van der Waals surface area contributed by atoms with Crippen molar-refractivity contribution >= 4 is 23.3 Å². The summed E-state index contributed by atoms with van der Waals surface area (Å²) in [5.41, 5.74) is 2.35. The molecule has 0 saturated carbocycles. The van der Waals surface area contributed by atoms with E-state index >= 15 is 0 Å². The Bertz CT molecular complexity index is 828. The third-order valence-corrected chi connectivity index (χ3v) is 5.07. The van der Waals surface area contributed by atoms with Gasteiger partial charge in [0.15, 0.2) is 6.61 Å². The van der Waals surface area contributed by atoms with Crippen molar-refractivity contribution in [2.75, 3.05) is 18.1 Å². The molecule has 1 aromatic carbocycles. The van der Waals surface area contributed by atoms with Crippen LogP contribution in [0.1, 0.15) is 48.7 Å². The number of aromatic nitrogens is 1. The van der Waals surface area contributed by atoms with Crippen molar-refractivity contribution < 1.29 is 19.1 Å². The lowest BCUT2D eigenvalue weighted by Crippen LogP contribution is -2.28. The third kappa shape index (κ3) is 4.10. The molecule has 1 amide bonds. The fourth-order valence-corrected chi connectivity index (χ4v) is 3.30. The number of anilines is 1. The van der Waals surface area contributed by atoms with Gasteiger partial charge in [0.1, 0.15) is 0 Å². The first kappa shape index (κ1) is 18.9. The predicted molar refractivity (Wildman–Crippen MR) is 102 cm³/mol. The van der Waals surface area contributed by atoms with E-state index in [4.69, 9.17) is 4.74 Å². The zero-order valence-corrected chi connectivity index (χ0v) is 15.6. The molecule has 0 unspecified atom stereocenters. The van der Waals surface area contributed by atoms with E-state index in [2.05, 4.69) is 18.8 Å². The number of esters is 1. The normalized spacial score (nSPS) is 17.8. The van der Waals surface area contributed by atoms with Crippen LogP contribution in [0.15, 0.2) is 42.6 Å². The van der Waals surface area contributed by atoms with Crippen LogP contribution >= 0.6 is 0 Å². The van der Waals surface area contributed by atoms with E-state index in [1.807, 2.05) is 24.3 Å². The molecule has 0 spiro atoms. The van der Waals surface area contributed by atoms with Crippen molar-refractivity contribution in [3.8, 4) is 0 Å². The van der Waals surface area contributed by atoms with E-state index < -0.39 is 11.9 Å². The van der Waals surface area contributed by atoms with Crippen LogP contribution in [0.2, 0.25) is 0 Å². The molecule has 27 heavy (non-hydrogen) atoms. The van der Waals surface area contributed by atoms with Gasteiger partial charge >= 0.3 is 5.97 Å². The maximum absolute atomic E-state index is 12.5. The molecule has 2 aromatic rings. The smallest absolute Gasteiger partial charge is 0.311 e. The van der Waals surface area contributed by atoms with Gasteiger partial charge in [-0.1, -0.05) is 32.0 Å². The van der Waals surface area contributed by atoms with E-state index in [0.717, 1.165) is 17.7 Å². The number of benzene rings is 1. The van der Waals surface area contributed by atoms with Crippen molar-refractivity contribution in [1.82, 2.24) is 4.98 Å². The monoisotopic (exact) mass is 368 g/mol. The fourth-order valence-electron chi connectivity index (χ4n) is 3.30. The highest BCUT2D eigenvalue weighted by Crippen LogP contribution is 2.33. The lowest BCUT2D eigenvalue weighted by molar-refractivity contribution is -0.147. The molecule has 6 heteroatoms. The van der Waals surface area contributed by atoms with Crippen molar-refractivity contribution in [2.45, 2.75) is 32.6 Å². The highest BCUT2D eigenvalue weighted by atomic mass is 16.5. The maximum atomic E-state index is 12.5. The maximum Gasteiger partial charge on any atom is 0.311 e. The van der Waals surface area contributed by atoms with Gasteiger partial charge in [0, 0.05) is 24.8 Å². The molecular weight excluding hydrogens is 344 g/mol. The van der Waals surface area contributed by atoms with Gasteiger partial charge < -0.3 is 14.6 Å². The van der Waals surface area contributed by atoms with Gasteiger partial charge in [0.2, 0.25) is 11.7 Å². The Hall–Kier alpha value is -2.89.